The van der Waals surface area contributed by atoms with E-state index >= 15 is 0 Å². The van der Waals surface area contributed by atoms with Gasteiger partial charge in [0.25, 0.3) is 0 Å². The molecule has 1 aliphatic rings. The SMILES string of the molecule is CCC(F)C1=C/CCC=C(Br)/C=C\1. The Kier molecular flexibility index (Phi) is 4.43. The van der Waals surface area contributed by atoms with Crippen molar-refractivity contribution in [3.63, 3.8) is 0 Å². The van der Waals surface area contributed by atoms with E-state index in [2.05, 4.69) is 22.0 Å². The fourth-order valence-electron chi connectivity index (χ4n) is 1.25. The number of hydrogen-bond donors (Lipinski definition) is 0. The van der Waals surface area contributed by atoms with Crippen LogP contribution in [-0.4, -0.2) is 6.17 Å². The maximum Gasteiger partial charge on any atom is 0.125 e. The van der Waals surface area contributed by atoms with Gasteiger partial charge in [-0.15, -0.1) is 0 Å². The molecule has 0 saturated carbocycles. The second-order valence-corrected chi connectivity index (χ2v) is 4.00. The van der Waals surface area contributed by atoms with Gasteiger partial charge in [0.15, 0.2) is 0 Å². The van der Waals surface area contributed by atoms with Crippen LogP contribution in [0, 0.1) is 0 Å². The quantitative estimate of drug-likeness (QED) is 0.680. The molecule has 0 spiro atoms. The first-order valence-corrected chi connectivity index (χ1v) is 5.41. The molecule has 0 N–H and O–H groups in total. The van der Waals surface area contributed by atoms with E-state index in [1.807, 2.05) is 25.2 Å². The lowest BCUT2D eigenvalue weighted by Crippen LogP contribution is -2.00. The molecule has 72 valence electrons. The van der Waals surface area contributed by atoms with Gasteiger partial charge in [-0.1, -0.05) is 41.1 Å². The van der Waals surface area contributed by atoms with Crippen LogP contribution in [0.5, 0.6) is 0 Å². The zero-order valence-electron chi connectivity index (χ0n) is 7.76. The maximum absolute atomic E-state index is 13.3. The molecule has 0 amide bonds. The summed E-state index contributed by atoms with van der Waals surface area (Å²) in [6.45, 7) is 1.86. The standard InChI is InChI=1S/C11H14BrF/c1-2-11(13)9-5-3-4-6-10(12)8-7-9/h5-8,11H,2-4H2,1H3/b8-7-,9-5+,10-6?. The van der Waals surface area contributed by atoms with Crippen LogP contribution in [0.4, 0.5) is 4.39 Å². The Labute approximate surface area is 87.3 Å². The van der Waals surface area contributed by atoms with Gasteiger partial charge in [-0.2, -0.15) is 0 Å². The molecule has 0 saturated heterocycles. The van der Waals surface area contributed by atoms with Crippen molar-refractivity contribution < 1.29 is 4.39 Å². The van der Waals surface area contributed by atoms with E-state index < -0.39 is 6.17 Å². The minimum atomic E-state index is -0.811. The van der Waals surface area contributed by atoms with Crippen molar-refractivity contribution in [2.45, 2.75) is 32.4 Å². The topological polar surface area (TPSA) is 0 Å². The monoisotopic (exact) mass is 244 g/mol. The lowest BCUT2D eigenvalue weighted by molar-refractivity contribution is 0.377. The molecule has 13 heavy (non-hydrogen) atoms. The molecule has 0 bridgehead atoms. The largest absolute Gasteiger partial charge is 0.242 e. The first-order valence-electron chi connectivity index (χ1n) is 4.62. The Balaban J connectivity index is 2.74. The minimum absolute atomic E-state index is 0.553. The molecular weight excluding hydrogens is 231 g/mol. The lowest BCUT2D eigenvalue weighted by atomic mass is 10.0. The highest BCUT2D eigenvalue weighted by molar-refractivity contribution is 9.11. The maximum atomic E-state index is 13.3. The summed E-state index contributed by atoms with van der Waals surface area (Å²) in [6.07, 6.45) is 9.50. The van der Waals surface area contributed by atoms with Crippen molar-refractivity contribution in [3.8, 4) is 0 Å². The van der Waals surface area contributed by atoms with E-state index in [4.69, 9.17) is 0 Å². The molecule has 1 atom stereocenters. The summed E-state index contributed by atoms with van der Waals surface area (Å²) in [7, 11) is 0. The van der Waals surface area contributed by atoms with E-state index in [-0.39, 0.29) is 0 Å². The summed E-state index contributed by atoms with van der Waals surface area (Å²) in [4.78, 5) is 0. The van der Waals surface area contributed by atoms with Gasteiger partial charge in [-0.05, 0) is 30.9 Å². The first kappa shape index (κ1) is 10.7. The van der Waals surface area contributed by atoms with Crippen LogP contribution < -0.4 is 0 Å². The Morgan fingerprint density at radius 1 is 1.38 bits per heavy atom. The minimum Gasteiger partial charge on any atom is -0.242 e. The van der Waals surface area contributed by atoms with Crippen LogP contribution >= 0.6 is 15.9 Å². The van der Waals surface area contributed by atoms with Gasteiger partial charge in [0.2, 0.25) is 0 Å². The third kappa shape index (κ3) is 3.47. The molecule has 0 nitrogen and oxygen atoms in total. The average molecular weight is 245 g/mol. The molecule has 0 fully saturated rings. The molecule has 1 rings (SSSR count). The third-order valence-electron chi connectivity index (χ3n) is 2.04. The third-order valence-corrected chi connectivity index (χ3v) is 2.63. The van der Waals surface area contributed by atoms with Crippen LogP contribution in [0.15, 0.2) is 34.4 Å². The highest BCUT2D eigenvalue weighted by Gasteiger charge is 2.07. The molecule has 0 heterocycles. The molecular formula is C11H14BrF. The van der Waals surface area contributed by atoms with Crippen LogP contribution in [0.1, 0.15) is 26.2 Å². The van der Waals surface area contributed by atoms with Gasteiger partial charge in [0, 0.05) is 4.48 Å². The van der Waals surface area contributed by atoms with Crippen molar-refractivity contribution in [1.29, 1.82) is 0 Å². The van der Waals surface area contributed by atoms with Gasteiger partial charge >= 0.3 is 0 Å². The summed E-state index contributed by atoms with van der Waals surface area (Å²) in [5, 5.41) is 0. The van der Waals surface area contributed by atoms with Crippen LogP contribution in [-0.2, 0) is 0 Å². The van der Waals surface area contributed by atoms with Crippen LogP contribution in [0.25, 0.3) is 0 Å². The van der Waals surface area contributed by atoms with Crippen molar-refractivity contribution in [1.82, 2.24) is 0 Å². The molecule has 0 aromatic carbocycles. The molecule has 2 heteroatoms. The summed E-state index contributed by atoms with van der Waals surface area (Å²) < 4.78 is 14.3. The van der Waals surface area contributed by atoms with Crippen LogP contribution in [0.3, 0.4) is 0 Å². The number of allylic oxidation sites excluding steroid dienone is 6. The summed E-state index contributed by atoms with van der Waals surface area (Å²) >= 11 is 3.40. The Morgan fingerprint density at radius 3 is 2.77 bits per heavy atom. The summed E-state index contributed by atoms with van der Waals surface area (Å²) in [6, 6.07) is 0. The van der Waals surface area contributed by atoms with Crippen molar-refractivity contribution in [3.05, 3.63) is 34.4 Å². The van der Waals surface area contributed by atoms with Gasteiger partial charge in [0.1, 0.15) is 6.17 Å². The predicted molar refractivity (Wildman–Crippen MR) is 58.7 cm³/mol. The fraction of sp³-hybridized carbons (Fsp3) is 0.455. The second-order valence-electron chi connectivity index (χ2n) is 3.08. The molecule has 0 aromatic rings. The van der Waals surface area contributed by atoms with E-state index in [0.29, 0.717) is 6.42 Å². The van der Waals surface area contributed by atoms with Crippen LogP contribution in [0.2, 0.25) is 0 Å². The fourth-order valence-corrected chi connectivity index (χ4v) is 1.61. The zero-order valence-corrected chi connectivity index (χ0v) is 9.35. The lowest BCUT2D eigenvalue weighted by Gasteiger charge is -2.08. The number of hydrogen-bond acceptors (Lipinski definition) is 0. The Bertz CT molecular complexity index is 251. The molecule has 1 aliphatic carbocycles. The van der Waals surface area contributed by atoms with Crippen molar-refractivity contribution in [2.24, 2.45) is 0 Å². The number of halogens is 2. The molecule has 1 unspecified atom stereocenters. The normalized spacial score (nSPS) is 26.4. The Morgan fingerprint density at radius 2 is 2.08 bits per heavy atom. The van der Waals surface area contributed by atoms with E-state index in [9.17, 15) is 4.39 Å². The smallest absolute Gasteiger partial charge is 0.125 e. The van der Waals surface area contributed by atoms with Gasteiger partial charge in [-0.3, -0.25) is 0 Å². The van der Waals surface area contributed by atoms with Gasteiger partial charge < -0.3 is 0 Å². The summed E-state index contributed by atoms with van der Waals surface area (Å²) in [5.74, 6) is 0. The van der Waals surface area contributed by atoms with Gasteiger partial charge in [0.05, 0.1) is 0 Å². The van der Waals surface area contributed by atoms with Gasteiger partial charge in [-0.25, -0.2) is 4.39 Å². The first-order chi connectivity index (χ1) is 6.24. The molecule has 0 radical (unpaired) electrons. The van der Waals surface area contributed by atoms with Crippen molar-refractivity contribution >= 4 is 15.9 Å². The average Bonchev–Trinajstić information content (AvgIpc) is 2.11. The highest BCUT2D eigenvalue weighted by Crippen LogP contribution is 2.19. The van der Waals surface area contributed by atoms with Crippen molar-refractivity contribution in [2.75, 3.05) is 0 Å². The van der Waals surface area contributed by atoms with E-state index in [1.165, 1.54) is 0 Å². The highest BCUT2D eigenvalue weighted by atomic mass is 79.9. The number of alkyl halides is 1. The summed E-state index contributed by atoms with van der Waals surface area (Å²) in [5.41, 5.74) is 0.813. The Hall–Kier alpha value is -0.370. The number of rotatable bonds is 2. The van der Waals surface area contributed by atoms with E-state index in [1.54, 1.807) is 0 Å². The molecule has 0 aliphatic heterocycles. The molecule has 0 aromatic heterocycles. The second kappa shape index (κ2) is 5.38. The zero-order chi connectivity index (χ0) is 9.68. The van der Waals surface area contributed by atoms with E-state index in [0.717, 1.165) is 22.9 Å². The predicted octanol–water partition coefficient (Wildman–Crippen LogP) is 4.29.